The van der Waals surface area contributed by atoms with Crippen molar-refractivity contribution in [2.45, 2.75) is 52.4 Å². The minimum Gasteiger partial charge on any atom is -0.619 e. The van der Waals surface area contributed by atoms with Gasteiger partial charge in [0.25, 0.3) is 0 Å². The molecule has 0 spiro atoms. The molecule has 0 amide bonds. The number of unbranched alkanes of at least 4 members (excludes halogenated alkanes) is 5. The highest BCUT2D eigenvalue weighted by atomic mass is 16.5. The van der Waals surface area contributed by atoms with Gasteiger partial charge in [0.05, 0.1) is 6.61 Å². The molecule has 1 aromatic rings. The van der Waals surface area contributed by atoms with Gasteiger partial charge in [0.15, 0.2) is 11.9 Å². The van der Waals surface area contributed by atoms with Crippen LogP contribution < -0.4 is 9.47 Å². The number of aryl methyl sites for hydroxylation is 1. The molecule has 1 rings (SSSR count). The fourth-order valence-corrected chi connectivity index (χ4v) is 1.74. The van der Waals surface area contributed by atoms with Crippen LogP contribution in [0.4, 0.5) is 0 Å². The van der Waals surface area contributed by atoms with E-state index in [1.54, 1.807) is 19.1 Å². The van der Waals surface area contributed by atoms with Crippen LogP contribution in [0.2, 0.25) is 0 Å². The highest BCUT2D eigenvalue weighted by molar-refractivity contribution is 5.18. The van der Waals surface area contributed by atoms with E-state index in [1.807, 2.05) is 0 Å². The third-order valence-corrected chi connectivity index (χ3v) is 2.84. The number of pyridine rings is 1. The highest BCUT2D eigenvalue weighted by Gasteiger charge is 2.01. The number of rotatable bonds is 8. The Morgan fingerprint density at radius 3 is 2.59 bits per heavy atom. The Morgan fingerprint density at radius 2 is 1.88 bits per heavy atom. The normalized spacial score (nSPS) is 10.5. The standard InChI is InChI=1S/C14H23NO2/c1-3-4-5-6-7-8-11-17-14-9-10-15(16)13(2)12-14/h9-10,12H,3-8,11H2,1-2H3. The number of ether oxygens (including phenoxy) is 1. The molecule has 3 nitrogen and oxygen atoms in total. The number of hydrogen-bond acceptors (Lipinski definition) is 2. The van der Waals surface area contributed by atoms with E-state index in [-0.39, 0.29) is 0 Å². The molecule has 0 aromatic carbocycles. The van der Waals surface area contributed by atoms with E-state index in [2.05, 4.69) is 6.92 Å². The average molecular weight is 237 g/mol. The summed E-state index contributed by atoms with van der Waals surface area (Å²) in [6.45, 7) is 4.75. The summed E-state index contributed by atoms with van der Waals surface area (Å²) < 4.78 is 6.44. The van der Waals surface area contributed by atoms with E-state index in [9.17, 15) is 5.21 Å². The first-order valence-electron chi connectivity index (χ1n) is 6.56. The number of nitrogens with zero attached hydrogens (tertiary/aromatic N) is 1. The van der Waals surface area contributed by atoms with Crippen LogP contribution in [0.15, 0.2) is 18.3 Å². The molecule has 96 valence electrons. The van der Waals surface area contributed by atoms with Gasteiger partial charge in [-0.1, -0.05) is 39.0 Å². The molecular formula is C14H23NO2. The zero-order chi connectivity index (χ0) is 12.5. The van der Waals surface area contributed by atoms with Crippen molar-refractivity contribution in [3.63, 3.8) is 0 Å². The fourth-order valence-electron chi connectivity index (χ4n) is 1.74. The molecule has 1 aromatic heterocycles. The van der Waals surface area contributed by atoms with Crippen LogP contribution in [0, 0.1) is 12.1 Å². The van der Waals surface area contributed by atoms with Crippen LogP contribution in [-0.4, -0.2) is 6.61 Å². The van der Waals surface area contributed by atoms with Gasteiger partial charge >= 0.3 is 0 Å². The van der Waals surface area contributed by atoms with Gasteiger partial charge in [0, 0.05) is 19.1 Å². The second kappa shape index (κ2) is 7.93. The molecule has 0 aliphatic heterocycles. The summed E-state index contributed by atoms with van der Waals surface area (Å²) >= 11 is 0. The smallest absolute Gasteiger partial charge is 0.193 e. The number of hydrogen-bond donors (Lipinski definition) is 0. The quantitative estimate of drug-likeness (QED) is 0.395. The summed E-state index contributed by atoms with van der Waals surface area (Å²) in [7, 11) is 0. The van der Waals surface area contributed by atoms with Crippen LogP contribution in [0.5, 0.6) is 5.75 Å². The zero-order valence-corrected chi connectivity index (χ0v) is 10.9. The summed E-state index contributed by atoms with van der Waals surface area (Å²) in [4.78, 5) is 0. The topological polar surface area (TPSA) is 36.2 Å². The minimum absolute atomic E-state index is 0.672. The molecule has 3 heteroatoms. The van der Waals surface area contributed by atoms with Gasteiger partial charge in [-0.2, -0.15) is 4.73 Å². The van der Waals surface area contributed by atoms with Crippen molar-refractivity contribution in [3.8, 4) is 5.75 Å². The van der Waals surface area contributed by atoms with Crippen molar-refractivity contribution in [2.24, 2.45) is 0 Å². The summed E-state index contributed by atoms with van der Waals surface area (Å²) in [5.41, 5.74) is 0.672. The molecule has 0 radical (unpaired) electrons. The van der Waals surface area contributed by atoms with Crippen molar-refractivity contribution < 1.29 is 9.47 Å². The van der Waals surface area contributed by atoms with E-state index < -0.39 is 0 Å². The van der Waals surface area contributed by atoms with Crippen molar-refractivity contribution in [1.29, 1.82) is 0 Å². The van der Waals surface area contributed by atoms with Crippen molar-refractivity contribution in [2.75, 3.05) is 6.61 Å². The average Bonchev–Trinajstić information content (AvgIpc) is 2.32. The Bertz CT molecular complexity index is 326. The lowest BCUT2D eigenvalue weighted by atomic mass is 10.1. The van der Waals surface area contributed by atoms with Gasteiger partial charge in [-0.05, 0) is 6.42 Å². The largest absolute Gasteiger partial charge is 0.619 e. The fraction of sp³-hybridized carbons (Fsp3) is 0.643. The van der Waals surface area contributed by atoms with Gasteiger partial charge in [0.1, 0.15) is 5.75 Å². The molecule has 0 atom stereocenters. The molecule has 17 heavy (non-hydrogen) atoms. The molecule has 0 bridgehead atoms. The molecular weight excluding hydrogens is 214 g/mol. The Hall–Kier alpha value is -1.25. The lowest BCUT2D eigenvalue weighted by Gasteiger charge is -2.07. The predicted octanol–water partition coefficient (Wildman–Crippen LogP) is 3.37. The van der Waals surface area contributed by atoms with Crippen molar-refractivity contribution in [1.82, 2.24) is 0 Å². The van der Waals surface area contributed by atoms with Gasteiger partial charge in [-0.25, -0.2) is 0 Å². The Morgan fingerprint density at radius 1 is 1.18 bits per heavy atom. The third kappa shape index (κ3) is 5.57. The second-order valence-corrected chi connectivity index (χ2v) is 4.45. The van der Waals surface area contributed by atoms with Crippen molar-refractivity contribution >= 4 is 0 Å². The summed E-state index contributed by atoms with van der Waals surface area (Å²) in [6.07, 6.45) is 9.06. The lowest BCUT2D eigenvalue weighted by molar-refractivity contribution is -0.612. The lowest BCUT2D eigenvalue weighted by Crippen LogP contribution is -2.28. The van der Waals surface area contributed by atoms with Crippen LogP contribution in [-0.2, 0) is 0 Å². The molecule has 0 aliphatic rings. The zero-order valence-electron chi connectivity index (χ0n) is 10.9. The minimum atomic E-state index is 0.672. The second-order valence-electron chi connectivity index (χ2n) is 4.45. The van der Waals surface area contributed by atoms with E-state index in [1.165, 1.54) is 38.3 Å². The number of aromatic nitrogens is 1. The van der Waals surface area contributed by atoms with Crippen molar-refractivity contribution in [3.05, 3.63) is 29.2 Å². The molecule has 0 saturated heterocycles. The molecule has 0 fully saturated rings. The third-order valence-electron chi connectivity index (χ3n) is 2.84. The van der Waals surface area contributed by atoms with E-state index >= 15 is 0 Å². The van der Waals surface area contributed by atoms with E-state index in [0.29, 0.717) is 5.69 Å². The first-order valence-corrected chi connectivity index (χ1v) is 6.56. The monoisotopic (exact) mass is 237 g/mol. The maximum absolute atomic E-state index is 11.1. The van der Waals surface area contributed by atoms with Crippen LogP contribution in [0.3, 0.4) is 0 Å². The maximum atomic E-state index is 11.1. The molecule has 0 N–H and O–H groups in total. The first kappa shape index (κ1) is 13.8. The summed E-state index contributed by atoms with van der Waals surface area (Å²) in [5.74, 6) is 0.795. The predicted molar refractivity (Wildman–Crippen MR) is 69.0 cm³/mol. The van der Waals surface area contributed by atoms with Gasteiger partial charge in [-0.3, -0.25) is 0 Å². The van der Waals surface area contributed by atoms with E-state index in [4.69, 9.17) is 4.74 Å². The van der Waals surface area contributed by atoms with Gasteiger partial charge in [-0.15, -0.1) is 0 Å². The SMILES string of the molecule is CCCCCCCCOc1cc[n+]([O-])c(C)c1. The summed E-state index contributed by atoms with van der Waals surface area (Å²) in [5, 5.41) is 11.1. The highest BCUT2D eigenvalue weighted by Crippen LogP contribution is 2.11. The maximum Gasteiger partial charge on any atom is 0.193 e. The first-order chi connectivity index (χ1) is 8.24. The van der Waals surface area contributed by atoms with Crippen LogP contribution >= 0.6 is 0 Å². The van der Waals surface area contributed by atoms with Gasteiger partial charge < -0.3 is 9.94 Å². The Balaban J connectivity index is 2.11. The van der Waals surface area contributed by atoms with Gasteiger partial charge in [0.2, 0.25) is 0 Å². The molecule has 0 aliphatic carbocycles. The Kier molecular flexibility index (Phi) is 6.45. The van der Waals surface area contributed by atoms with E-state index in [0.717, 1.165) is 23.5 Å². The molecule has 1 heterocycles. The molecule has 0 unspecified atom stereocenters. The van der Waals surface area contributed by atoms with Crippen LogP contribution in [0.1, 0.15) is 51.1 Å². The molecule has 0 saturated carbocycles. The Labute approximate surface area is 104 Å². The summed E-state index contributed by atoms with van der Waals surface area (Å²) in [6, 6.07) is 3.50. The van der Waals surface area contributed by atoms with Crippen LogP contribution in [0.25, 0.3) is 0 Å².